The lowest BCUT2D eigenvalue weighted by atomic mass is 10.1. The van der Waals surface area contributed by atoms with Gasteiger partial charge >= 0.3 is 6.18 Å². The van der Waals surface area contributed by atoms with E-state index in [1.54, 1.807) is 6.07 Å². The van der Waals surface area contributed by atoms with E-state index in [4.69, 9.17) is 11.6 Å². The second-order valence-corrected chi connectivity index (χ2v) is 5.80. The largest absolute Gasteiger partial charge is 0.416 e. The van der Waals surface area contributed by atoms with Crippen molar-refractivity contribution in [2.45, 2.75) is 13.1 Å². The zero-order valence-corrected chi connectivity index (χ0v) is 13.9. The minimum Gasteiger partial charge on any atom is -0.340 e. The van der Waals surface area contributed by atoms with Crippen LogP contribution in [-0.4, -0.2) is 9.97 Å². The maximum absolute atomic E-state index is 12.7. The molecule has 1 N–H and O–H groups in total. The van der Waals surface area contributed by atoms with E-state index >= 15 is 0 Å². The summed E-state index contributed by atoms with van der Waals surface area (Å²) in [6, 6.07) is 13.8. The van der Waals surface area contributed by atoms with Crippen molar-refractivity contribution in [3.05, 3.63) is 70.9 Å². The number of aromatic nitrogens is 2. The molecule has 0 aliphatic heterocycles. The Bertz CT molecular complexity index is 893. The van der Waals surface area contributed by atoms with Gasteiger partial charge < -0.3 is 5.32 Å². The van der Waals surface area contributed by atoms with Crippen LogP contribution in [0.15, 0.2) is 54.6 Å². The van der Waals surface area contributed by atoms with E-state index in [9.17, 15) is 13.2 Å². The number of para-hydroxylation sites is 1. The van der Waals surface area contributed by atoms with Gasteiger partial charge in [0.05, 0.1) is 5.56 Å². The Kier molecular flexibility index (Phi) is 4.63. The molecule has 0 radical (unpaired) electrons. The molecule has 3 rings (SSSR count). The molecule has 0 aliphatic rings. The van der Waals surface area contributed by atoms with Crippen LogP contribution in [0, 0.1) is 6.92 Å². The van der Waals surface area contributed by atoms with Crippen LogP contribution in [-0.2, 0) is 6.18 Å². The Morgan fingerprint density at radius 2 is 1.64 bits per heavy atom. The van der Waals surface area contributed by atoms with Gasteiger partial charge in [-0.2, -0.15) is 13.2 Å². The lowest BCUT2D eigenvalue weighted by molar-refractivity contribution is -0.137. The third-order valence-electron chi connectivity index (χ3n) is 3.57. The fourth-order valence-electron chi connectivity index (χ4n) is 2.27. The topological polar surface area (TPSA) is 37.8 Å². The first-order chi connectivity index (χ1) is 11.8. The average Bonchev–Trinajstić information content (AvgIpc) is 2.56. The van der Waals surface area contributed by atoms with Gasteiger partial charge in [-0.3, -0.25) is 0 Å². The summed E-state index contributed by atoms with van der Waals surface area (Å²) in [6.07, 6.45) is -4.38. The van der Waals surface area contributed by atoms with E-state index in [-0.39, 0.29) is 11.0 Å². The van der Waals surface area contributed by atoms with E-state index in [1.165, 1.54) is 12.1 Å². The molecule has 3 nitrogen and oxygen atoms in total. The van der Waals surface area contributed by atoms with Gasteiger partial charge in [-0.1, -0.05) is 41.9 Å². The summed E-state index contributed by atoms with van der Waals surface area (Å²) in [5, 5.41) is 3.34. The maximum atomic E-state index is 12.7. The molecule has 128 valence electrons. The minimum atomic E-state index is -4.38. The Morgan fingerprint density at radius 3 is 2.28 bits per heavy atom. The summed E-state index contributed by atoms with van der Waals surface area (Å²) in [4.78, 5) is 8.44. The van der Waals surface area contributed by atoms with Crippen LogP contribution in [0.5, 0.6) is 0 Å². The predicted octanol–water partition coefficient (Wildman–Crippen LogP) is 5.87. The lowest BCUT2D eigenvalue weighted by Gasteiger charge is -2.11. The standard InChI is InChI=1S/C18H13ClF3N3/c1-11-4-2-3-5-14(11)23-16-10-15(19)24-17(25-16)12-6-8-13(9-7-12)18(20,21)22/h2-10H,1H3,(H,23,24,25). The van der Waals surface area contributed by atoms with E-state index in [0.29, 0.717) is 11.4 Å². The van der Waals surface area contributed by atoms with Crippen LogP contribution in [0.4, 0.5) is 24.7 Å². The number of alkyl halides is 3. The van der Waals surface area contributed by atoms with E-state index in [0.717, 1.165) is 23.4 Å². The molecule has 0 fully saturated rings. The summed E-state index contributed by atoms with van der Waals surface area (Å²) < 4.78 is 38.0. The lowest BCUT2D eigenvalue weighted by Crippen LogP contribution is -2.04. The van der Waals surface area contributed by atoms with Crippen molar-refractivity contribution in [2.24, 2.45) is 0 Å². The first-order valence-corrected chi connectivity index (χ1v) is 7.75. The second kappa shape index (κ2) is 6.72. The molecule has 0 bridgehead atoms. The summed E-state index contributed by atoms with van der Waals surface area (Å²) >= 11 is 6.04. The Hall–Kier alpha value is -2.60. The Morgan fingerprint density at radius 1 is 0.960 bits per heavy atom. The number of aryl methyl sites for hydroxylation is 1. The quantitative estimate of drug-likeness (QED) is 0.591. The highest BCUT2D eigenvalue weighted by molar-refractivity contribution is 6.29. The highest BCUT2D eigenvalue weighted by Gasteiger charge is 2.30. The van der Waals surface area contributed by atoms with Gasteiger partial charge in [-0.05, 0) is 30.7 Å². The number of anilines is 2. The molecule has 0 atom stereocenters. The monoisotopic (exact) mass is 363 g/mol. The van der Waals surface area contributed by atoms with Crippen molar-refractivity contribution in [3.8, 4) is 11.4 Å². The molecule has 25 heavy (non-hydrogen) atoms. The van der Waals surface area contributed by atoms with Gasteiger partial charge in [0, 0.05) is 17.3 Å². The maximum Gasteiger partial charge on any atom is 0.416 e. The van der Waals surface area contributed by atoms with E-state index in [2.05, 4.69) is 15.3 Å². The van der Waals surface area contributed by atoms with Gasteiger partial charge in [0.1, 0.15) is 11.0 Å². The molecule has 0 saturated carbocycles. The summed E-state index contributed by atoms with van der Waals surface area (Å²) in [7, 11) is 0. The molecular weight excluding hydrogens is 351 g/mol. The normalized spacial score (nSPS) is 11.4. The van der Waals surface area contributed by atoms with Gasteiger partial charge in [0.25, 0.3) is 0 Å². The van der Waals surface area contributed by atoms with Crippen LogP contribution in [0.3, 0.4) is 0 Å². The number of nitrogens with one attached hydrogen (secondary N) is 1. The fraction of sp³-hybridized carbons (Fsp3) is 0.111. The zero-order chi connectivity index (χ0) is 18.0. The molecule has 0 amide bonds. The van der Waals surface area contributed by atoms with Crippen molar-refractivity contribution < 1.29 is 13.2 Å². The van der Waals surface area contributed by atoms with Crippen LogP contribution < -0.4 is 5.32 Å². The fourth-order valence-corrected chi connectivity index (χ4v) is 2.45. The van der Waals surface area contributed by atoms with Crippen molar-refractivity contribution in [2.75, 3.05) is 5.32 Å². The smallest absolute Gasteiger partial charge is 0.340 e. The molecule has 7 heteroatoms. The van der Waals surface area contributed by atoms with Gasteiger partial charge in [0.15, 0.2) is 5.82 Å². The van der Waals surface area contributed by atoms with E-state index < -0.39 is 11.7 Å². The van der Waals surface area contributed by atoms with Crippen LogP contribution in [0.25, 0.3) is 11.4 Å². The number of benzene rings is 2. The predicted molar refractivity (Wildman–Crippen MR) is 91.9 cm³/mol. The van der Waals surface area contributed by atoms with Crippen LogP contribution >= 0.6 is 11.6 Å². The molecule has 0 aliphatic carbocycles. The first-order valence-electron chi connectivity index (χ1n) is 7.38. The van der Waals surface area contributed by atoms with Crippen molar-refractivity contribution >= 4 is 23.1 Å². The Balaban J connectivity index is 1.93. The van der Waals surface area contributed by atoms with E-state index in [1.807, 2.05) is 31.2 Å². The third-order valence-corrected chi connectivity index (χ3v) is 3.77. The molecule has 3 aromatic rings. The van der Waals surface area contributed by atoms with Gasteiger partial charge in [0.2, 0.25) is 0 Å². The van der Waals surface area contributed by atoms with Crippen molar-refractivity contribution in [1.82, 2.24) is 9.97 Å². The molecule has 0 unspecified atom stereocenters. The number of hydrogen-bond donors (Lipinski definition) is 1. The summed E-state index contributed by atoms with van der Waals surface area (Å²) in [6.45, 7) is 1.95. The molecule has 0 saturated heterocycles. The SMILES string of the molecule is Cc1ccccc1Nc1cc(Cl)nc(-c2ccc(C(F)(F)F)cc2)n1. The van der Waals surface area contributed by atoms with Crippen LogP contribution in [0.2, 0.25) is 5.15 Å². The van der Waals surface area contributed by atoms with Gasteiger partial charge in [-0.15, -0.1) is 0 Å². The minimum absolute atomic E-state index is 0.195. The zero-order valence-electron chi connectivity index (χ0n) is 13.1. The molecule has 2 aromatic carbocycles. The summed E-state index contributed by atoms with van der Waals surface area (Å²) in [5.41, 5.74) is 1.60. The highest BCUT2D eigenvalue weighted by Crippen LogP contribution is 2.31. The molecule has 1 heterocycles. The third kappa shape index (κ3) is 4.09. The number of rotatable bonds is 3. The van der Waals surface area contributed by atoms with Crippen molar-refractivity contribution in [3.63, 3.8) is 0 Å². The second-order valence-electron chi connectivity index (χ2n) is 5.41. The number of halogens is 4. The summed E-state index contributed by atoms with van der Waals surface area (Å²) in [5.74, 6) is 0.710. The number of nitrogens with zero attached hydrogens (tertiary/aromatic N) is 2. The van der Waals surface area contributed by atoms with Crippen LogP contribution in [0.1, 0.15) is 11.1 Å². The van der Waals surface area contributed by atoms with Gasteiger partial charge in [-0.25, -0.2) is 9.97 Å². The molecular formula is C18H13ClF3N3. The molecule has 0 spiro atoms. The number of hydrogen-bond acceptors (Lipinski definition) is 3. The first kappa shape index (κ1) is 17.2. The Labute approximate surface area is 147 Å². The van der Waals surface area contributed by atoms with Crippen molar-refractivity contribution in [1.29, 1.82) is 0 Å². The highest BCUT2D eigenvalue weighted by atomic mass is 35.5. The average molecular weight is 364 g/mol. The molecule has 1 aromatic heterocycles.